The van der Waals surface area contributed by atoms with Crippen molar-refractivity contribution in [3.63, 3.8) is 0 Å². The first-order valence-electron chi connectivity index (χ1n) is 6.06. The highest BCUT2D eigenvalue weighted by Crippen LogP contribution is 2.33. The summed E-state index contributed by atoms with van der Waals surface area (Å²) >= 11 is 1.71. The summed E-state index contributed by atoms with van der Waals surface area (Å²) in [4.78, 5) is 2.45. The van der Waals surface area contributed by atoms with Crippen LogP contribution in [0.3, 0.4) is 0 Å². The van der Waals surface area contributed by atoms with E-state index in [4.69, 9.17) is 10.4 Å². The molecule has 0 aromatic rings. The number of unbranched alkanes of at least 4 members (excludes halogenated alkanes) is 2. The van der Waals surface area contributed by atoms with E-state index in [2.05, 4.69) is 11.0 Å². The molecule has 1 aliphatic heterocycles. The molecule has 3 nitrogen and oxygen atoms in total. The fourth-order valence-corrected chi connectivity index (χ4v) is 2.81. The van der Waals surface area contributed by atoms with E-state index in [1.807, 2.05) is 6.26 Å². The van der Waals surface area contributed by atoms with Crippen LogP contribution < -0.4 is 0 Å². The van der Waals surface area contributed by atoms with E-state index >= 15 is 0 Å². The third kappa shape index (κ3) is 3.97. The zero-order chi connectivity index (χ0) is 11.9. The van der Waals surface area contributed by atoms with E-state index in [-0.39, 0.29) is 4.75 Å². The molecule has 0 aromatic carbocycles. The van der Waals surface area contributed by atoms with Gasteiger partial charge in [-0.1, -0.05) is 0 Å². The molecule has 4 heteroatoms. The summed E-state index contributed by atoms with van der Waals surface area (Å²) in [7, 11) is 0. The van der Waals surface area contributed by atoms with Crippen LogP contribution in [-0.4, -0.2) is 47.3 Å². The molecule has 0 atom stereocenters. The van der Waals surface area contributed by atoms with Gasteiger partial charge in [-0.05, 0) is 44.9 Å². The number of aliphatic hydroxyl groups is 1. The van der Waals surface area contributed by atoms with E-state index in [1.54, 1.807) is 11.8 Å². The first-order valence-corrected chi connectivity index (χ1v) is 7.28. The van der Waals surface area contributed by atoms with Gasteiger partial charge in [0.15, 0.2) is 0 Å². The van der Waals surface area contributed by atoms with Crippen molar-refractivity contribution in [2.75, 3.05) is 32.5 Å². The van der Waals surface area contributed by atoms with Gasteiger partial charge in [-0.3, -0.25) is 0 Å². The smallest absolute Gasteiger partial charge is 0.104 e. The van der Waals surface area contributed by atoms with Crippen LogP contribution in [0.4, 0.5) is 0 Å². The van der Waals surface area contributed by atoms with Crippen molar-refractivity contribution in [3.05, 3.63) is 0 Å². The number of nitrogens with zero attached hydrogens (tertiary/aromatic N) is 2. The van der Waals surface area contributed by atoms with E-state index < -0.39 is 0 Å². The number of hydrogen-bond donors (Lipinski definition) is 1. The monoisotopic (exact) mass is 242 g/mol. The van der Waals surface area contributed by atoms with E-state index in [9.17, 15) is 0 Å². The Hall–Kier alpha value is -0.240. The molecule has 0 bridgehead atoms. The lowest BCUT2D eigenvalue weighted by Gasteiger charge is -2.36. The minimum absolute atomic E-state index is 0.123. The van der Waals surface area contributed by atoms with Crippen LogP contribution >= 0.6 is 11.8 Å². The second kappa shape index (κ2) is 7.16. The second-order valence-electron chi connectivity index (χ2n) is 4.44. The molecule has 0 aliphatic carbocycles. The Kier molecular flexibility index (Phi) is 6.18. The van der Waals surface area contributed by atoms with Crippen molar-refractivity contribution < 1.29 is 5.11 Å². The SMILES string of the molecule is CSC1(C#N)CCN(CCCCCO)CC1. The molecule has 0 saturated carbocycles. The molecule has 1 aliphatic rings. The highest BCUT2D eigenvalue weighted by atomic mass is 32.2. The van der Waals surface area contributed by atoms with Crippen LogP contribution in [-0.2, 0) is 0 Å². The van der Waals surface area contributed by atoms with Gasteiger partial charge in [0.25, 0.3) is 0 Å². The Morgan fingerprint density at radius 1 is 1.31 bits per heavy atom. The molecule has 0 aromatic heterocycles. The van der Waals surface area contributed by atoms with Gasteiger partial charge in [-0.25, -0.2) is 0 Å². The molecule has 1 N–H and O–H groups in total. The van der Waals surface area contributed by atoms with Gasteiger partial charge in [-0.15, -0.1) is 11.8 Å². The number of hydrogen-bond acceptors (Lipinski definition) is 4. The summed E-state index contributed by atoms with van der Waals surface area (Å²) in [5.74, 6) is 0. The van der Waals surface area contributed by atoms with Crippen molar-refractivity contribution in [1.82, 2.24) is 4.90 Å². The van der Waals surface area contributed by atoms with Crippen molar-refractivity contribution in [2.24, 2.45) is 0 Å². The molecular formula is C12H22N2OS. The van der Waals surface area contributed by atoms with Crippen LogP contribution in [0.5, 0.6) is 0 Å². The topological polar surface area (TPSA) is 47.3 Å². The maximum Gasteiger partial charge on any atom is 0.104 e. The van der Waals surface area contributed by atoms with E-state index in [0.29, 0.717) is 6.61 Å². The molecule has 1 saturated heterocycles. The van der Waals surface area contributed by atoms with Crippen molar-refractivity contribution >= 4 is 11.8 Å². The van der Waals surface area contributed by atoms with Crippen molar-refractivity contribution in [3.8, 4) is 6.07 Å². The van der Waals surface area contributed by atoms with Gasteiger partial charge in [0.05, 0.1) is 6.07 Å². The van der Waals surface area contributed by atoms with Crippen LogP contribution in [0, 0.1) is 11.3 Å². The summed E-state index contributed by atoms with van der Waals surface area (Å²) in [6.07, 6.45) is 7.22. The summed E-state index contributed by atoms with van der Waals surface area (Å²) in [5.41, 5.74) is 0. The Labute approximate surface area is 103 Å². The van der Waals surface area contributed by atoms with Gasteiger partial charge >= 0.3 is 0 Å². The van der Waals surface area contributed by atoms with Crippen LogP contribution in [0.1, 0.15) is 32.1 Å². The molecule has 1 fully saturated rings. The lowest BCUT2D eigenvalue weighted by atomic mass is 9.97. The number of likely N-dealkylation sites (tertiary alicyclic amines) is 1. The van der Waals surface area contributed by atoms with E-state index in [1.165, 1.54) is 6.42 Å². The first-order chi connectivity index (χ1) is 7.76. The van der Waals surface area contributed by atoms with Crippen LogP contribution in [0.2, 0.25) is 0 Å². The standard InChI is InChI=1S/C12H22N2OS/c1-16-12(11-13)5-8-14(9-6-12)7-3-2-4-10-15/h15H,2-10H2,1H3. The average molecular weight is 242 g/mol. The lowest BCUT2D eigenvalue weighted by molar-refractivity contribution is 0.209. The first kappa shape index (κ1) is 13.8. The molecule has 0 unspecified atom stereocenters. The van der Waals surface area contributed by atoms with Crippen molar-refractivity contribution in [2.45, 2.75) is 36.9 Å². The Morgan fingerprint density at radius 3 is 2.50 bits per heavy atom. The number of aliphatic hydroxyl groups excluding tert-OH is 1. The minimum atomic E-state index is -0.123. The summed E-state index contributed by atoms with van der Waals surface area (Å²) in [6.45, 7) is 3.53. The zero-order valence-electron chi connectivity index (χ0n) is 10.1. The average Bonchev–Trinajstić information content (AvgIpc) is 2.36. The van der Waals surface area contributed by atoms with Crippen molar-refractivity contribution in [1.29, 1.82) is 5.26 Å². The molecule has 1 heterocycles. The third-order valence-electron chi connectivity index (χ3n) is 3.39. The number of nitriles is 1. The Balaban J connectivity index is 2.19. The van der Waals surface area contributed by atoms with E-state index in [0.717, 1.165) is 45.3 Å². The molecule has 16 heavy (non-hydrogen) atoms. The molecule has 0 amide bonds. The summed E-state index contributed by atoms with van der Waals surface area (Å²) in [5, 5.41) is 17.8. The molecule has 0 radical (unpaired) electrons. The largest absolute Gasteiger partial charge is 0.396 e. The summed E-state index contributed by atoms with van der Waals surface area (Å²) < 4.78 is -0.123. The Morgan fingerprint density at radius 2 is 2.00 bits per heavy atom. The van der Waals surface area contributed by atoms with Gasteiger partial charge in [-0.2, -0.15) is 5.26 Å². The zero-order valence-corrected chi connectivity index (χ0v) is 10.9. The molecule has 1 rings (SSSR count). The van der Waals surface area contributed by atoms with Gasteiger partial charge < -0.3 is 10.0 Å². The fraction of sp³-hybridized carbons (Fsp3) is 0.917. The lowest BCUT2D eigenvalue weighted by Crippen LogP contribution is -2.41. The molecular weight excluding hydrogens is 220 g/mol. The predicted molar refractivity (Wildman–Crippen MR) is 68.5 cm³/mol. The van der Waals surface area contributed by atoms with Crippen LogP contribution in [0.15, 0.2) is 0 Å². The van der Waals surface area contributed by atoms with Gasteiger partial charge in [0.2, 0.25) is 0 Å². The number of rotatable bonds is 6. The number of thioether (sulfide) groups is 1. The maximum atomic E-state index is 9.16. The maximum absolute atomic E-state index is 9.16. The second-order valence-corrected chi connectivity index (χ2v) is 5.63. The minimum Gasteiger partial charge on any atom is -0.396 e. The van der Waals surface area contributed by atoms with Gasteiger partial charge in [0, 0.05) is 19.7 Å². The van der Waals surface area contributed by atoms with Gasteiger partial charge in [0.1, 0.15) is 4.75 Å². The van der Waals surface area contributed by atoms with Crippen LogP contribution in [0.25, 0.3) is 0 Å². The Bertz CT molecular complexity index is 232. The molecule has 92 valence electrons. The third-order valence-corrected chi connectivity index (χ3v) is 4.67. The quantitative estimate of drug-likeness (QED) is 0.722. The number of piperidine rings is 1. The highest BCUT2D eigenvalue weighted by Gasteiger charge is 2.33. The fourth-order valence-electron chi connectivity index (χ4n) is 2.12. The molecule has 0 spiro atoms. The highest BCUT2D eigenvalue weighted by molar-refractivity contribution is 8.00. The predicted octanol–water partition coefficient (Wildman–Crippen LogP) is 1.87. The normalized spacial score (nSPS) is 20.6. The summed E-state index contributed by atoms with van der Waals surface area (Å²) in [6, 6.07) is 2.47.